The van der Waals surface area contributed by atoms with Crippen LogP contribution in [0.3, 0.4) is 0 Å². The third-order valence-electron chi connectivity index (χ3n) is 8.27. The highest BCUT2D eigenvalue weighted by Gasteiger charge is 2.45. The first-order valence-electron chi connectivity index (χ1n) is 13.2. The van der Waals surface area contributed by atoms with Gasteiger partial charge in [-0.15, -0.1) is 0 Å². The fourth-order valence-electron chi connectivity index (χ4n) is 6.23. The van der Waals surface area contributed by atoms with Gasteiger partial charge >= 0.3 is 0 Å². The molecule has 0 unspecified atom stereocenters. The van der Waals surface area contributed by atoms with E-state index >= 15 is 0 Å². The van der Waals surface area contributed by atoms with Gasteiger partial charge in [-0.25, -0.2) is 0 Å². The van der Waals surface area contributed by atoms with E-state index in [0.29, 0.717) is 18.9 Å². The van der Waals surface area contributed by atoms with E-state index in [2.05, 4.69) is 41.7 Å². The van der Waals surface area contributed by atoms with Crippen LogP contribution in [0.1, 0.15) is 62.0 Å². The summed E-state index contributed by atoms with van der Waals surface area (Å²) in [6.45, 7) is 4.07. The summed E-state index contributed by atoms with van der Waals surface area (Å²) in [4.78, 5) is 31.6. The van der Waals surface area contributed by atoms with Crippen molar-refractivity contribution in [2.75, 3.05) is 19.6 Å². The Balaban J connectivity index is 1.34. The van der Waals surface area contributed by atoms with Crippen LogP contribution in [-0.4, -0.2) is 65.4 Å². The van der Waals surface area contributed by atoms with Crippen LogP contribution in [0.4, 0.5) is 0 Å². The molecular weight excluding hydrogens is 436 g/mol. The topological polar surface area (TPSA) is 78.7 Å². The van der Waals surface area contributed by atoms with Crippen molar-refractivity contribution in [1.29, 1.82) is 0 Å². The van der Waals surface area contributed by atoms with Crippen molar-refractivity contribution in [1.82, 2.24) is 15.1 Å². The molecule has 6 heteroatoms. The highest BCUT2D eigenvalue weighted by molar-refractivity contribution is 5.91. The summed E-state index contributed by atoms with van der Waals surface area (Å²) >= 11 is 0. The third kappa shape index (κ3) is 5.14. The predicted molar refractivity (Wildman–Crippen MR) is 138 cm³/mol. The zero-order valence-electron chi connectivity index (χ0n) is 20.7. The van der Waals surface area contributed by atoms with Crippen molar-refractivity contribution in [3.63, 3.8) is 0 Å². The summed E-state index contributed by atoms with van der Waals surface area (Å²) < 4.78 is 0. The van der Waals surface area contributed by atoms with Crippen LogP contribution in [0.2, 0.25) is 0 Å². The second kappa shape index (κ2) is 10.5. The molecule has 0 aliphatic carbocycles. The van der Waals surface area contributed by atoms with E-state index in [1.54, 1.807) is 0 Å². The second-order valence-electron chi connectivity index (χ2n) is 10.6. The number of amides is 2. The molecule has 3 saturated heterocycles. The molecule has 5 rings (SSSR count). The molecule has 186 valence electrons. The maximum absolute atomic E-state index is 13.9. The molecule has 3 N–H and O–H groups in total. The van der Waals surface area contributed by atoms with Gasteiger partial charge in [0.15, 0.2) is 0 Å². The number of nitrogens with two attached hydrogens (primary N) is 1. The van der Waals surface area contributed by atoms with Crippen LogP contribution in [0.5, 0.6) is 0 Å². The first kappa shape index (κ1) is 24.0. The van der Waals surface area contributed by atoms with Crippen LogP contribution in [0.15, 0.2) is 60.7 Å². The van der Waals surface area contributed by atoms with Crippen molar-refractivity contribution in [3.05, 3.63) is 71.8 Å². The van der Waals surface area contributed by atoms with Crippen LogP contribution in [0.25, 0.3) is 0 Å². The Morgan fingerprint density at radius 3 is 2.20 bits per heavy atom. The Labute approximate surface area is 208 Å². The molecule has 3 heterocycles. The molecule has 0 spiro atoms. The number of benzene rings is 2. The zero-order chi connectivity index (χ0) is 24.4. The van der Waals surface area contributed by atoms with Gasteiger partial charge in [-0.3, -0.25) is 9.59 Å². The lowest BCUT2D eigenvalue weighted by molar-refractivity contribution is -0.144. The number of carbonyl (C=O) groups is 2. The Morgan fingerprint density at radius 1 is 0.886 bits per heavy atom. The van der Waals surface area contributed by atoms with Gasteiger partial charge in [0.2, 0.25) is 11.8 Å². The summed E-state index contributed by atoms with van der Waals surface area (Å²) in [5.41, 5.74) is 8.64. The van der Waals surface area contributed by atoms with E-state index in [4.69, 9.17) is 5.73 Å². The molecule has 3 aliphatic rings. The fraction of sp³-hybridized carbons (Fsp3) is 0.517. The van der Waals surface area contributed by atoms with E-state index in [9.17, 15) is 9.59 Å². The summed E-state index contributed by atoms with van der Waals surface area (Å²) in [5, 5.41) is 3.50. The lowest BCUT2D eigenvalue weighted by atomic mass is 9.94. The van der Waals surface area contributed by atoms with Gasteiger partial charge in [0.05, 0.1) is 6.04 Å². The SMILES string of the molecule is C[C@H](N)[C@H]1CCC[C@@H](C(=O)N2C[C@@H](c3ccccc3)C[C@H]2C(=O)N2CC[C@H](c3ccccc3)C2)N1. The minimum Gasteiger partial charge on any atom is -0.340 e. The molecule has 3 fully saturated rings. The van der Waals surface area contributed by atoms with Crippen molar-refractivity contribution in [3.8, 4) is 0 Å². The lowest BCUT2D eigenvalue weighted by Gasteiger charge is -2.36. The Kier molecular flexibility index (Phi) is 7.21. The zero-order valence-corrected chi connectivity index (χ0v) is 20.7. The van der Waals surface area contributed by atoms with Crippen LogP contribution >= 0.6 is 0 Å². The van der Waals surface area contributed by atoms with E-state index < -0.39 is 6.04 Å². The monoisotopic (exact) mass is 474 g/mol. The summed E-state index contributed by atoms with van der Waals surface area (Å²) in [5.74, 6) is 0.706. The Bertz CT molecular complexity index is 1010. The average Bonchev–Trinajstić information content (AvgIpc) is 3.57. The Morgan fingerprint density at radius 2 is 1.54 bits per heavy atom. The lowest BCUT2D eigenvalue weighted by Crippen LogP contribution is -2.58. The Hall–Kier alpha value is -2.70. The number of rotatable bonds is 5. The van der Waals surface area contributed by atoms with Crippen molar-refractivity contribution in [2.24, 2.45) is 5.73 Å². The van der Waals surface area contributed by atoms with Crippen molar-refractivity contribution >= 4 is 11.8 Å². The summed E-state index contributed by atoms with van der Waals surface area (Å²) in [7, 11) is 0. The van der Waals surface area contributed by atoms with E-state index in [0.717, 1.165) is 38.8 Å². The molecule has 3 aliphatic heterocycles. The molecule has 0 bridgehead atoms. The number of piperidine rings is 1. The third-order valence-corrected chi connectivity index (χ3v) is 8.27. The number of carbonyl (C=O) groups excluding carboxylic acids is 2. The molecule has 2 aromatic carbocycles. The fourth-order valence-corrected chi connectivity index (χ4v) is 6.23. The predicted octanol–water partition coefficient (Wildman–Crippen LogP) is 3.25. The number of likely N-dealkylation sites (tertiary alicyclic amines) is 2. The van der Waals surface area contributed by atoms with E-state index in [-0.39, 0.29) is 35.9 Å². The van der Waals surface area contributed by atoms with Gasteiger partial charge < -0.3 is 20.9 Å². The van der Waals surface area contributed by atoms with Gasteiger partial charge in [-0.1, -0.05) is 60.7 Å². The van der Waals surface area contributed by atoms with Crippen LogP contribution in [-0.2, 0) is 9.59 Å². The molecule has 0 radical (unpaired) electrons. The number of nitrogens with one attached hydrogen (secondary N) is 1. The minimum atomic E-state index is -0.403. The highest BCUT2D eigenvalue weighted by Crippen LogP contribution is 2.36. The number of hydrogen-bond acceptors (Lipinski definition) is 4. The van der Waals surface area contributed by atoms with E-state index in [1.807, 2.05) is 41.0 Å². The van der Waals surface area contributed by atoms with Gasteiger partial charge in [-0.2, -0.15) is 0 Å². The van der Waals surface area contributed by atoms with Gasteiger partial charge in [-0.05, 0) is 50.2 Å². The van der Waals surface area contributed by atoms with Crippen LogP contribution in [0, 0.1) is 0 Å². The van der Waals surface area contributed by atoms with Crippen molar-refractivity contribution in [2.45, 2.75) is 75.0 Å². The maximum Gasteiger partial charge on any atom is 0.245 e. The molecule has 6 atom stereocenters. The average molecular weight is 475 g/mol. The largest absolute Gasteiger partial charge is 0.340 e. The molecule has 2 aromatic rings. The summed E-state index contributed by atoms with van der Waals surface area (Å²) in [6, 6.07) is 20.3. The quantitative estimate of drug-likeness (QED) is 0.697. The minimum absolute atomic E-state index is 0.00167. The highest BCUT2D eigenvalue weighted by atomic mass is 16.2. The van der Waals surface area contributed by atoms with Crippen LogP contribution < -0.4 is 11.1 Å². The van der Waals surface area contributed by atoms with Gasteiger partial charge in [0, 0.05) is 43.6 Å². The second-order valence-corrected chi connectivity index (χ2v) is 10.6. The summed E-state index contributed by atoms with van der Waals surface area (Å²) in [6.07, 6.45) is 4.43. The molecule has 0 aromatic heterocycles. The standard InChI is InChI=1S/C29H38N4O2/c1-20(30)25-13-8-14-26(31-25)28(34)33-19-24(22-11-6-3-7-12-22)17-27(33)29(35)32-16-15-23(18-32)21-9-4-2-5-10-21/h2-7,9-12,20,23-27,31H,8,13-19,30H2,1H3/t20-,23-,24-,25+,26-,27-/m0/s1. The molecule has 6 nitrogen and oxygen atoms in total. The number of hydrogen-bond donors (Lipinski definition) is 2. The van der Waals surface area contributed by atoms with E-state index in [1.165, 1.54) is 11.1 Å². The first-order chi connectivity index (χ1) is 17.0. The normalized spacial score (nSPS) is 29.8. The first-order valence-corrected chi connectivity index (χ1v) is 13.2. The molecular formula is C29H38N4O2. The maximum atomic E-state index is 13.9. The molecule has 0 saturated carbocycles. The molecule has 2 amide bonds. The van der Waals surface area contributed by atoms with Gasteiger partial charge in [0.25, 0.3) is 0 Å². The van der Waals surface area contributed by atoms with Crippen molar-refractivity contribution < 1.29 is 9.59 Å². The van der Waals surface area contributed by atoms with Gasteiger partial charge in [0.1, 0.15) is 6.04 Å². The molecule has 35 heavy (non-hydrogen) atoms. The number of nitrogens with zero attached hydrogens (tertiary/aromatic N) is 2. The smallest absolute Gasteiger partial charge is 0.245 e.